The molecule has 0 radical (unpaired) electrons. The number of hydroxylamine groups is 1. The monoisotopic (exact) mass is 494 g/mol. The van der Waals surface area contributed by atoms with E-state index in [0.29, 0.717) is 10.8 Å². The molecule has 2 rings (SSSR count). The van der Waals surface area contributed by atoms with Gasteiger partial charge in [-0.1, -0.05) is 62.7 Å². The summed E-state index contributed by atoms with van der Waals surface area (Å²) in [6.07, 6.45) is 4.59. The molecule has 9 heteroatoms. The first-order chi connectivity index (χ1) is 15.7. The van der Waals surface area contributed by atoms with Gasteiger partial charge in [0, 0.05) is 6.54 Å². The fourth-order valence-corrected chi connectivity index (χ4v) is 5.49. The molecule has 2 aromatic carbocycles. The van der Waals surface area contributed by atoms with Crippen LogP contribution < -0.4 is 20.7 Å². The van der Waals surface area contributed by atoms with Gasteiger partial charge in [-0.3, -0.25) is 10.0 Å². The molecule has 0 aliphatic carbocycles. The molecule has 0 heterocycles. The second-order valence-electron chi connectivity index (χ2n) is 7.75. The normalized spacial score (nSPS) is 14.1. The standard InChI is InChI=1S/C24H31ClN2O5S/c1-5-9-19-16-20(13-12-18(19)6-2)33(30,31)27(23(17(3)4)24(28)26-29)14-15-32-22-11-8-7-10-21(22)25/h6-13,16-17,23,29H,5,14-15H2,1-4H3,(H,26,28)/b18-6-,19-9-/t23-/m1/s1. The highest BCUT2D eigenvalue weighted by molar-refractivity contribution is 7.89. The van der Waals surface area contributed by atoms with E-state index >= 15 is 0 Å². The lowest BCUT2D eigenvalue weighted by Gasteiger charge is -2.31. The predicted octanol–water partition coefficient (Wildman–Crippen LogP) is 2.93. The summed E-state index contributed by atoms with van der Waals surface area (Å²) in [5.41, 5.74) is 1.60. The van der Waals surface area contributed by atoms with Gasteiger partial charge in [0.1, 0.15) is 18.4 Å². The molecule has 0 aliphatic rings. The number of rotatable bonds is 10. The van der Waals surface area contributed by atoms with Crippen LogP contribution in [0.1, 0.15) is 34.1 Å². The average Bonchev–Trinajstić information content (AvgIpc) is 2.79. The first-order valence-electron chi connectivity index (χ1n) is 10.8. The number of nitrogens with zero attached hydrogens (tertiary/aromatic N) is 1. The Labute approximate surface area is 200 Å². The Kier molecular flexibility index (Phi) is 9.91. The topological polar surface area (TPSA) is 95.9 Å². The molecule has 2 N–H and O–H groups in total. The zero-order valence-corrected chi connectivity index (χ0v) is 20.9. The summed E-state index contributed by atoms with van der Waals surface area (Å²) in [5, 5.41) is 11.4. The van der Waals surface area contributed by atoms with Gasteiger partial charge in [-0.2, -0.15) is 4.31 Å². The second-order valence-corrected chi connectivity index (χ2v) is 10.0. The Balaban J connectivity index is 2.51. The Morgan fingerprint density at radius 3 is 2.48 bits per heavy atom. The highest BCUT2D eigenvalue weighted by Crippen LogP contribution is 2.25. The number of ether oxygens (including phenoxy) is 1. The highest BCUT2D eigenvalue weighted by Gasteiger charge is 2.37. The lowest BCUT2D eigenvalue weighted by molar-refractivity contribution is -0.134. The number of benzene rings is 2. The number of carbonyl (C=O) groups is 1. The second kappa shape index (κ2) is 12.2. The number of halogens is 1. The minimum absolute atomic E-state index is 0.0420. The van der Waals surface area contributed by atoms with Crippen molar-refractivity contribution in [3.63, 3.8) is 0 Å². The van der Waals surface area contributed by atoms with Crippen LogP contribution in [-0.2, 0) is 14.8 Å². The maximum atomic E-state index is 13.7. The van der Waals surface area contributed by atoms with Gasteiger partial charge in [-0.25, -0.2) is 13.9 Å². The minimum atomic E-state index is -4.12. The molecule has 0 saturated carbocycles. The SMILES string of the molecule is C/C=c1/ccc(S(=O)(=O)N(CCOc2ccccc2Cl)[C@@H](C(=O)NO)C(C)C)c/c1=C/CC. The van der Waals surface area contributed by atoms with E-state index in [4.69, 9.17) is 16.3 Å². The first kappa shape index (κ1) is 26.9. The van der Waals surface area contributed by atoms with Crippen LogP contribution in [0.2, 0.25) is 5.02 Å². The van der Waals surface area contributed by atoms with Gasteiger partial charge >= 0.3 is 0 Å². The van der Waals surface area contributed by atoms with Crippen molar-refractivity contribution in [2.75, 3.05) is 13.2 Å². The molecule has 0 spiro atoms. The van der Waals surface area contributed by atoms with E-state index in [1.165, 1.54) is 6.07 Å². The van der Waals surface area contributed by atoms with Crippen molar-refractivity contribution in [1.29, 1.82) is 0 Å². The molecule has 0 saturated heterocycles. The summed E-state index contributed by atoms with van der Waals surface area (Å²) < 4.78 is 34.2. The van der Waals surface area contributed by atoms with Gasteiger partial charge in [0.2, 0.25) is 10.0 Å². The van der Waals surface area contributed by atoms with E-state index in [9.17, 15) is 18.4 Å². The Bertz CT molecular complexity index is 1180. The molecule has 1 atom stereocenters. The van der Waals surface area contributed by atoms with Gasteiger partial charge in [0.05, 0.1) is 9.92 Å². The van der Waals surface area contributed by atoms with E-state index in [0.717, 1.165) is 21.2 Å². The number of hydrogen-bond donors (Lipinski definition) is 2. The number of carbonyl (C=O) groups excluding carboxylic acids is 1. The fourth-order valence-electron chi connectivity index (χ4n) is 3.56. The van der Waals surface area contributed by atoms with Gasteiger partial charge in [-0.15, -0.1) is 0 Å². The molecule has 0 fully saturated rings. The summed E-state index contributed by atoms with van der Waals surface area (Å²) in [5.74, 6) is -0.825. The van der Waals surface area contributed by atoms with E-state index < -0.39 is 27.9 Å². The Hall–Kier alpha value is -2.39. The fraction of sp³-hybridized carbons (Fsp3) is 0.375. The van der Waals surface area contributed by atoms with Gasteiger partial charge in [0.15, 0.2) is 0 Å². The zero-order valence-electron chi connectivity index (χ0n) is 19.3. The summed E-state index contributed by atoms with van der Waals surface area (Å²) in [4.78, 5) is 12.5. The van der Waals surface area contributed by atoms with Crippen LogP contribution >= 0.6 is 11.6 Å². The molecule has 7 nitrogen and oxygen atoms in total. The Morgan fingerprint density at radius 2 is 1.91 bits per heavy atom. The van der Waals surface area contributed by atoms with Gasteiger partial charge < -0.3 is 4.74 Å². The van der Waals surface area contributed by atoms with Crippen LogP contribution in [0.3, 0.4) is 0 Å². The predicted molar refractivity (Wildman–Crippen MR) is 130 cm³/mol. The number of nitrogens with one attached hydrogen (secondary N) is 1. The van der Waals surface area contributed by atoms with Crippen molar-refractivity contribution in [2.45, 2.75) is 45.1 Å². The van der Waals surface area contributed by atoms with Crippen molar-refractivity contribution in [1.82, 2.24) is 9.79 Å². The molecular formula is C24H31ClN2O5S. The van der Waals surface area contributed by atoms with E-state index in [-0.39, 0.29) is 18.0 Å². The molecule has 0 unspecified atom stereocenters. The molecule has 33 heavy (non-hydrogen) atoms. The molecule has 0 aliphatic heterocycles. The lowest BCUT2D eigenvalue weighted by Crippen LogP contribution is -2.53. The minimum Gasteiger partial charge on any atom is -0.491 e. The third kappa shape index (κ3) is 6.57. The molecule has 2 aromatic rings. The number of para-hydroxylation sites is 1. The van der Waals surface area contributed by atoms with Gasteiger partial charge in [0.25, 0.3) is 5.91 Å². The third-order valence-corrected chi connectivity index (χ3v) is 7.32. The molecule has 0 bridgehead atoms. The summed E-state index contributed by atoms with van der Waals surface area (Å²) >= 11 is 6.13. The number of sulfonamides is 1. The molecule has 180 valence electrons. The first-order valence-corrected chi connectivity index (χ1v) is 12.6. The number of amides is 1. The lowest BCUT2D eigenvalue weighted by atomic mass is 10.0. The molecule has 0 aromatic heterocycles. The van der Waals surface area contributed by atoms with Crippen molar-refractivity contribution in [2.24, 2.45) is 5.92 Å². The van der Waals surface area contributed by atoms with E-state index in [2.05, 4.69) is 0 Å². The van der Waals surface area contributed by atoms with Crippen LogP contribution in [-0.4, -0.2) is 43.0 Å². The van der Waals surface area contributed by atoms with E-state index in [1.807, 2.05) is 26.0 Å². The van der Waals surface area contributed by atoms with Crippen LogP contribution in [0.15, 0.2) is 47.4 Å². The molecule has 1 amide bonds. The maximum Gasteiger partial charge on any atom is 0.262 e. The summed E-state index contributed by atoms with van der Waals surface area (Å²) in [6, 6.07) is 10.6. The van der Waals surface area contributed by atoms with E-state index in [1.54, 1.807) is 55.7 Å². The van der Waals surface area contributed by atoms with Crippen molar-refractivity contribution < 1.29 is 23.2 Å². The summed E-state index contributed by atoms with van der Waals surface area (Å²) in [6.45, 7) is 7.11. The average molecular weight is 495 g/mol. The Morgan fingerprint density at radius 1 is 1.21 bits per heavy atom. The quantitative estimate of drug-likeness (QED) is 0.391. The third-order valence-electron chi connectivity index (χ3n) is 5.13. The van der Waals surface area contributed by atoms with Gasteiger partial charge in [-0.05, 0) is 54.0 Å². The van der Waals surface area contributed by atoms with Crippen LogP contribution in [0, 0.1) is 5.92 Å². The van der Waals surface area contributed by atoms with Crippen molar-refractivity contribution in [3.8, 4) is 5.75 Å². The van der Waals surface area contributed by atoms with Crippen LogP contribution in [0.4, 0.5) is 0 Å². The van der Waals surface area contributed by atoms with Crippen LogP contribution in [0.25, 0.3) is 12.2 Å². The maximum absolute atomic E-state index is 13.7. The largest absolute Gasteiger partial charge is 0.491 e. The van der Waals surface area contributed by atoms with Crippen molar-refractivity contribution in [3.05, 3.63) is 57.9 Å². The molecular weight excluding hydrogens is 464 g/mol. The van der Waals surface area contributed by atoms with Crippen LogP contribution in [0.5, 0.6) is 5.75 Å². The summed E-state index contributed by atoms with van der Waals surface area (Å²) in [7, 11) is -4.12. The number of hydrogen-bond acceptors (Lipinski definition) is 5. The van der Waals surface area contributed by atoms with Crippen molar-refractivity contribution >= 4 is 39.7 Å². The zero-order chi connectivity index (χ0) is 24.6. The smallest absolute Gasteiger partial charge is 0.262 e. The highest BCUT2D eigenvalue weighted by atomic mass is 35.5.